The average molecular weight is 333 g/mol. The molecule has 1 saturated carbocycles. The molecule has 1 amide bonds. The van der Waals surface area contributed by atoms with Crippen LogP contribution in [0.1, 0.15) is 24.8 Å². The minimum Gasteiger partial charge on any atom is -0.496 e. The van der Waals surface area contributed by atoms with Crippen LogP contribution < -0.4 is 15.8 Å². The van der Waals surface area contributed by atoms with Gasteiger partial charge >= 0.3 is 0 Å². The summed E-state index contributed by atoms with van der Waals surface area (Å²) in [7, 11) is 1.61. The van der Waals surface area contributed by atoms with Crippen LogP contribution in [0.25, 0.3) is 0 Å². The maximum absolute atomic E-state index is 12.2. The fourth-order valence-corrected chi connectivity index (χ4v) is 3.06. The molecular weight excluding hydrogens is 311 g/mol. The van der Waals surface area contributed by atoms with E-state index in [2.05, 4.69) is 5.32 Å². The van der Waals surface area contributed by atoms with Gasteiger partial charge in [0.15, 0.2) is 0 Å². The zero-order valence-corrected chi connectivity index (χ0v) is 13.7. The largest absolute Gasteiger partial charge is 0.496 e. The van der Waals surface area contributed by atoms with Crippen molar-refractivity contribution in [1.82, 2.24) is 5.32 Å². The van der Waals surface area contributed by atoms with Gasteiger partial charge in [0.25, 0.3) is 0 Å². The molecule has 0 unspecified atom stereocenters. The van der Waals surface area contributed by atoms with Gasteiger partial charge in [0.1, 0.15) is 5.75 Å². The number of halogens is 2. The molecule has 2 atom stereocenters. The fraction of sp³-hybridized carbons (Fsp3) is 0.533. The van der Waals surface area contributed by atoms with Gasteiger partial charge in [0.2, 0.25) is 5.91 Å². The summed E-state index contributed by atoms with van der Waals surface area (Å²) in [5.74, 6) is 1.18. The summed E-state index contributed by atoms with van der Waals surface area (Å²) in [5, 5.41) is 3.61. The van der Waals surface area contributed by atoms with E-state index in [0.717, 1.165) is 30.6 Å². The number of rotatable bonds is 5. The molecule has 0 bridgehead atoms. The minimum atomic E-state index is 0. The lowest BCUT2D eigenvalue weighted by molar-refractivity contribution is -0.126. The maximum Gasteiger partial charge on any atom is 0.223 e. The summed E-state index contributed by atoms with van der Waals surface area (Å²) < 4.78 is 5.27. The van der Waals surface area contributed by atoms with Crippen LogP contribution in [-0.2, 0) is 11.3 Å². The van der Waals surface area contributed by atoms with Crippen molar-refractivity contribution in [2.45, 2.75) is 25.8 Å². The number of nitrogens with one attached hydrogen (secondary N) is 1. The number of methoxy groups -OCH3 is 1. The molecule has 3 N–H and O–H groups in total. The minimum absolute atomic E-state index is 0. The molecule has 0 aliphatic heterocycles. The molecule has 0 spiro atoms. The van der Waals surface area contributed by atoms with E-state index in [9.17, 15) is 4.79 Å². The average Bonchev–Trinajstić information content (AvgIpc) is 2.93. The third-order valence-corrected chi connectivity index (χ3v) is 4.23. The van der Waals surface area contributed by atoms with Crippen LogP contribution in [0.3, 0.4) is 0 Å². The molecule has 1 aliphatic rings. The van der Waals surface area contributed by atoms with E-state index < -0.39 is 0 Å². The molecule has 4 nitrogen and oxygen atoms in total. The van der Waals surface area contributed by atoms with Crippen molar-refractivity contribution in [1.29, 1.82) is 0 Å². The molecule has 118 valence electrons. The van der Waals surface area contributed by atoms with E-state index in [1.165, 1.54) is 0 Å². The van der Waals surface area contributed by atoms with Crippen LogP contribution in [-0.4, -0.2) is 19.6 Å². The Balaban J connectivity index is 0.00000220. The summed E-state index contributed by atoms with van der Waals surface area (Å²) in [4.78, 5) is 12.2. The predicted molar refractivity (Wildman–Crippen MR) is 87.0 cm³/mol. The van der Waals surface area contributed by atoms with Crippen molar-refractivity contribution in [3.05, 3.63) is 28.8 Å². The Morgan fingerprint density at radius 1 is 1.48 bits per heavy atom. The van der Waals surface area contributed by atoms with E-state index in [0.29, 0.717) is 24.0 Å². The molecule has 1 aliphatic carbocycles. The standard InChI is InChI=1S/C15H21ClN2O2.ClH/c1-20-14-6-5-12(16)7-11(14)9-18-15(19)13-4-2-3-10(13)8-17;/h5-7,10,13H,2-4,8-9,17H2,1H3,(H,18,19);1H/t10-,13-;/m1./s1. The molecule has 0 heterocycles. The van der Waals surface area contributed by atoms with Gasteiger partial charge < -0.3 is 15.8 Å². The highest BCUT2D eigenvalue weighted by Crippen LogP contribution is 2.31. The molecule has 21 heavy (non-hydrogen) atoms. The zero-order valence-electron chi connectivity index (χ0n) is 12.1. The highest BCUT2D eigenvalue weighted by Gasteiger charge is 2.31. The number of ether oxygens (including phenoxy) is 1. The lowest BCUT2D eigenvalue weighted by atomic mass is 9.95. The van der Waals surface area contributed by atoms with E-state index >= 15 is 0 Å². The normalized spacial score (nSPS) is 20.7. The number of carbonyl (C=O) groups excluding carboxylic acids is 1. The quantitative estimate of drug-likeness (QED) is 0.871. The van der Waals surface area contributed by atoms with Crippen molar-refractivity contribution >= 4 is 29.9 Å². The van der Waals surface area contributed by atoms with E-state index in [1.54, 1.807) is 13.2 Å². The Labute approximate surface area is 136 Å². The third-order valence-electron chi connectivity index (χ3n) is 3.99. The Morgan fingerprint density at radius 3 is 2.90 bits per heavy atom. The first kappa shape index (κ1) is 18.1. The maximum atomic E-state index is 12.2. The van der Waals surface area contributed by atoms with Crippen molar-refractivity contribution in [3.8, 4) is 5.75 Å². The first-order chi connectivity index (χ1) is 9.65. The number of amides is 1. The van der Waals surface area contributed by atoms with Crippen LogP contribution in [0.2, 0.25) is 5.02 Å². The van der Waals surface area contributed by atoms with E-state index in [1.807, 2.05) is 12.1 Å². The second-order valence-electron chi connectivity index (χ2n) is 5.21. The molecule has 0 radical (unpaired) electrons. The van der Waals surface area contributed by atoms with Gasteiger partial charge in [-0.3, -0.25) is 4.79 Å². The lowest BCUT2D eigenvalue weighted by Crippen LogP contribution is -2.34. The molecule has 2 rings (SSSR count). The van der Waals surface area contributed by atoms with Crippen LogP contribution in [0.4, 0.5) is 0 Å². The van der Waals surface area contributed by atoms with Gasteiger partial charge in [-0.1, -0.05) is 18.0 Å². The van der Waals surface area contributed by atoms with Gasteiger partial charge in [-0.2, -0.15) is 0 Å². The molecule has 1 fully saturated rings. The number of hydrogen-bond donors (Lipinski definition) is 2. The van der Waals surface area contributed by atoms with Crippen molar-refractivity contribution in [2.24, 2.45) is 17.6 Å². The van der Waals surface area contributed by atoms with Gasteiger partial charge in [-0.05, 0) is 43.5 Å². The molecule has 0 aromatic heterocycles. The van der Waals surface area contributed by atoms with Gasteiger partial charge in [0, 0.05) is 23.0 Å². The summed E-state index contributed by atoms with van der Waals surface area (Å²) in [6.45, 7) is 1.01. The Hall–Kier alpha value is -0.970. The highest BCUT2D eigenvalue weighted by atomic mass is 35.5. The van der Waals surface area contributed by atoms with Crippen molar-refractivity contribution < 1.29 is 9.53 Å². The number of nitrogens with two attached hydrogens (primary N) is 1. The molecule has 6 heteroatoms. The molecule has 1 aromatic carbocycles. The molecule has 0 saturated heterocycles. The van der Waals surface area contributed by atoms with E-state index in [-0.39, 0.29) is 24.2 Å². The summed E-state index contributed by atoms with van der Waals surface area (Å²) >= 11 is 5.98. The Bertz CT molecular complexity index is 483. The van der Waals surface area contributed by atoms with Gasteiger partial charge in [-0.15, -0.1) is 12.4 Å². The SMILES string of the molecule is COc1ccc(Cl)cc1CNC(=O)[C@@H]1CCC[C@@H]1CN.Cl. The molecule has 1 aromatic rings. The predicted octanol–water partition coefficient (Wildman–Crippen LogP) is 2.76. The monoisotopic (exact) mass is 332 g/mol. The zero-order chi connectivity index (χ0) is 14.5. The van der Waals surface area contributed by atoms with Gasteiger partial charge in [-0.25, -0.2) is 0 Å². The summed E-state index contributed by atoms with van der Waals surface area (Å²) in [6, 6.07) is 5.39. The van der Waals surface area contributed by atoms with Crippen LogP contribution in [0.15, 0.2) is 18.2 Å². The van der Waals surface area contributed by atoms with Crippen LogP contribution in [0.5, 0.6) is 5.75 Å². The Morgan fingerprint density at radius 2 is 2.24 bits per heavy atom. The second-order valence-corrected chi connectivity index (χ2v) is 5.64. The summed E-state index contributed by atoms with van der Waals surface area (Å²) in [6.07, 6.45) is 3.07. The van der Waals surface area contributed by atoms with E-state index in [4.69, 9.17) is 22.1 Å². The number of hydrogen-bond acceptors (Lipinski definition) is 3. The molecular formula is C15H22Cl2N2O2. The topological polar surface area (TPSA) is 64.3 Å². The highest BCUT2D eigenvalue weighted by molar-refractivity contribution is 6.30. The lowest BCUT2D eigenvalue weighted by Gasteiger charge is -2.18. The smallest absolute Gasteiger partial charge is 0.223 e. The van der Waals surface area contributed by atoms with Crippen LogP contribution >= 0.6 is 24.0 Å². The first-order valence-electron chi connectivity index (χ1n) is 6.96. The summed E-state index contributed by atoms with van der Waals surface area (Å²) in [5.41, 5.74) is 6.60. The number of benzene rings is 1. The van der Waals surface area contributed by atoms with Gasteiger partial charge in [0.05, 0.1) is 7.11 Å². The van der Waals surface area contributed by atoms with Crippen molar-refractivity contribution in [2.75, 3.05) is 13.7 Å². The second kappa shape index (κ2) is 8.47. The fourth-order valence-electron chi connectivity index (χ4n) is 2.86. The Kier molecular flexibility index (Phi) is 7.29. The van der Waals surface area contributed by atoms with Crippen molar-refractivity contribution in [3.63, 3.8) is 0 Å². The first-order valence-corrected chi connectivity index (χ1v) is 7.33. The third kappa shape index (κ3) is 4.50. The number of carbonyl (C=O) groups is 1. The van der Waals surface area contributed by atoms with Crippen LogP contribution in [0, 0.1) is 11.8 Å².